The molecular formula is C16H23NO. The van der Waals surface area contributed by atoms with E-state index < -0.39 is 0 Å². The maximum Gasteiger partial charge on any atom is 0.0951 e. The monoisotopic (exact) mass is 245 g/mol. The van der Waals surface area contributed by atoms with Crippen LogP contribution >= 0.6 is 0 Å². The van der Waals surface area contributed by atoms with E-state index in [0.29, 0.717) is 11.5 Å². The fourth-order valence-corrected chi connectivity index (χ4v) is 3.63. The SMILES string of the molecule is CC1(C)CCCN(C2Cc3ccccc3C2O)C1. The van der Waals surface area contributed by atoms with Crippen molar-refractivity contribution in [3.05, 3.63) is 35.4 Å². The number of fused-ring (bicyclic) bond motifs is 1. The minimum atomic E-state index is -0.296. The standard InChI is InChI=1S/C16H23NO/c1-16(2)8-5-9-17(11-16)14-10-12-6-3-4-7-13(12)15(14)18/h3-4,6-7,14-15,18H,5,8-11H2,1-2H3. The molecule has 0 amide bonds. The van der Waals surface area contributed by atoms with Gasteiger partial charge in [0, 0.05) is 12.6 Å². The molecule has 98 valence electrons. The zero-order valence-electron chi connectivity index (χ0n) is 11.4. The Bertz CT molecular complexity index is 440. The molecule has 1 aliphatic heterocycles. The summed E-state index contributed by atoms with van der Waals surface area (Å²) >= 11 is 0. The highest BCUT2D eigenvalue weighted by molar-refractivity contribution is 5.36. The molecule has 0 radical (unpaired) electrons. The fraction of sp³-hybridized carbons (Fsp3) is 0.625. The van der Waals surface area contributed by atoms with Gasteiger partial charge >= 0.3 is 0 Å². The summed E-state index contributed by atoms with van der Waals surface area (Å²) in [6.07, 6.45) is 3.27. The van der Waals surface area contributed by atoms with Gasteiger partial charge in [0.15, 0.2) is 0 Å². The topological polar surface area (TPSA) is 23.5 Å². The third-order valence-corrected chi connectivity index (χ3v) is 4.57. The predicted molar refractivity (Wildman–Crippen MR) is 73.5 cm³/mol. The summed E-state index contributed by atoms with van der Waals surface area (Å²) in [6, 6.07) is 8.64. The Balaban J connectivity index is 1.80. The maximum absolute atomic E-state index is 10.5. The molecule has 1 fully saturated rings. The van der Waals surface area contributed by atoms with E-state index in [4.69, 9.17) is 0 Å². The number of aliphatic hydroxyl groups excluding tert-OH is 1. The van der Waals surface area contributed by atoms with Crippen molar-refractivity contribution in [2.24, 2.45) is 5.41 Å². The summed E-state index contributed by atoms with van der Waals surface area (Å²) in [4.78, 5) is 2.51. The van der Waals surface area contributed by atoms with Crippen LogP contribution in [-0.2, 0) is 6.42 Å². The van der Waals surface area contributed by atoms with E-state index in [0.717, 1.165) is 25.1 Å². The lowest BCUT2D eigenvalue weighted by Gasteiger charge is -2.42. The number of nitrogens with zero attached hydrogens (tertiary/aromatic N) is 1. The molecule has 0 saturated carbocycles. The Kier molecular flexibility index (Phi) is 2.95. The Labute approximate surface area is 110 Å². The Morgan fingerprint density at radius 3 is 2.78 bits per heavy atom. The zero-order valence-corrected chi connectivity index (χ0v) is 11.4. The van der Waals surface area contributed by atoms with Gasteiger partial charge in [0.2, 0.25) is 0 Å². The summed E-state index contributed by atoms with van der Waals surface area (Å²) < 4.78 is 0. The number of rotatable bonds is 1. The van der Waals surface area contributed by atoms with Crippen molar-refractivity contribution in [3.63, 3.8) is 0 Å². The molecule has 0 aromatic heterocycles. The fourth-order valence-electron chi connectivity index (χ4n) is 3.63. The lowest BCUT2D eigenvalue weighted by atomic mass is 9.83. The van der Waals surface area contributed by atoms with E-state index in [1.807, 2.05) is 6.07 Å². The molecule has 2 atom stereocenters. The first-order valence-electron chi connectivity index (χ1n) is 7.07. The second-order valence-electron chi connectivity index (χ2n) is 6.65. The first kappa shape index (κ1) is 12.2. The van der Waals surface area contributed by atoms with Gasteiger partial charge in [-0.1, -0.05) is 38.1 Å². The predicted octanol–water partition coefficient (Wildman–Crippen LogP) is 2.77. The number of benzene rings is 1. The van der Waals surface area contributed by atoms with Crippen LogP contribution in [0.1, 0.15) is 43.9 Å². The minimum Gasteiger partial charge on any atom is -0.387 e. The largest absolute Gasteiger partial charge is 0.387 e. The van der Waals surface area contributed by atoms with Gasteiger partial charge in [-0.2, -0.15) is 0 Å². The number of aliphatic hydroxyl groups is 1. The van der Waals surface area contributed by atoms with Crippen molar-refractivity contribution in [1.82, 2.24) is 4.90 Å². The first-order chi connectivity index (χ1) is 8.57. The number of piperidine rings is 1. The van der Waals surface area contributed by atoms with E-state index in [2.05, 4.69) is 36.9 Å². The van der Waals surface area contributed by atoms with Gasteiger partial charge in [0.1, 0.15) is 0 Å². The Morgan fingerprint density at radius 2 is 2.06 bits per heavy atom. The Morgan fingerprint density at radius 1 is 1.28 bits per heavy atom. The molecule has 2 aliphatic rings. The highest BCUT2D eigenvalue weighted by Gasteiger charge is 2.38. The van der Waals surface area contributed by atoms with Crippen molar-refractivity contribution < 1.29 is 5.11 Å². The number of hydrogen-bond donors (Lipinski definition) is 1. The van der Waals surface area contributed by atoms with Crippen LogP contribution in [0.5, 0.6) is 0 Å². The summed E-state index contributed by atoms with van der Waals surface area (Å²) in [6.45, 7) is 6.93. The van der Waals surface area contributed by atoms with Gasteiger partial charge in [-0.15, -0.1) is 0 Å². The highest BCUT2D eigenvalue weighted by Crippen LogP contribution is 2.38. The highest BCUT2D eigenvalue weighted by atomic mass is 16.3. The molecule has 1 N–H and O–H groups in total. The molecule has 0 spiro atoms. The molecule has 0 bridgehead atoms. The van der Waals surface area contributed by atoms with Crippen molar-refractivity contribution in [2.75, 3.05) is 13.1 Å². The number of hydrogen-bond acceptors (Lipinski definition) is 2. The van der Waals surface area contributed by atoms with Crippen LogP contribution in [0, 0.1) is 5.41 Å². The van der Waals surface area contributed by atoms with E-state index >= 15 is 0 Å². The lowest BCUT2D eigenvalue weighted by Crippen LogP contribution is -2.47. The molecule has 3 rings (SSSR count). The summed E-state index contributed by atoms with van der Waals surface area (Å²) in [7, 11) is 0. The van der Waals surface area contributed by atoms with Gasteiger partial charge in [-0.25, -0.2) is 0 Å². The normalized spacial score (nSPS) is 31.3. The summed E-state index contributed by atoms with van der Waals surface area (Å²) in [5.74, 6) is 0. The van der Waals surface area contributed by atoms with Crippen LogP contribution in [-0.4, -0.2) is 29.1 Å². The summed E-state index contributed by atoms with van der Waals surface area (Å²) in [5, 5.41) is 10.5. The Hall–Kier alpha value is -0.860. The molecule has 1 aliphatic carbocycles. The van der Waals surface area contributed by atoms with Crippen LogP contribution in [0.25, 0.3) is 0 Å². The quantitative estimate of drug-likeness (QED) is 0.822. The molecule has 1 aromatic rings. The van der Waals surface area contributed by atoms with Gasteiger partial charge in [0.25, 0.3) is 0 Å². The molecule has 1 heterocycles. The lowest BCUT2D eigenvalue weighted by molar-refractivity contribution is 0.0146. The average Bonchev–Trinajstić information content (AvgIpc) is 2.66. The zero-order chi connectivity index (χ0) is 12.8. The smallest absolute Gasteiger partial charge is 0.0951 e. The van der Waals surface area contributed by atoms with Crippen LogP contribution in [0.15, 0.2) is 24.3 Å². The molecule has 2 unspecified atom stereocenters. The van der Waals surface area contributed by atoms with Crippen molar-refractivity contribution in [3.8, 4) is 0 Å². The summed E-state index contributed by atoms with van der Waals surface area (Å²) in [5.41, 5.74) is 2.87. The molecule has 2 heteroatoms. The number of likely N-dealkylation sites (tertiary alicyclic amines) is 1. The van der Waals surface area contributed by atoms with Gasteiger partial charge < -0.3 is 5.11 Å². The van der Waals surface area contributed by atoms with E-state index in [1.165, 1.54) is 18.4 Å². The second-order valence-corrected chi connectivity index (χ2v) is 6.65. The third-order valence-electron chi connectivity index (χ3n) is 4.57. The van der Waals surface area contributed by atoms with Crippen LogP contribution in [0.4, 0.5) is 0 Å². The van der Waals surface area contributed by atoms with E-state index in [9.17, 15) is 5.11 Å². The van der Waals surface area contributed by atoms with Crippen molar-refractivity contribution in [2.45, 2.75) is 45.3 Å². The van der Waals surface area contributed by atoms with E-state index in [-0.39, 0.29) is 6.10 Å². The molecular weight excluding hydrogens is 222 g/mol. The van der Waals surface area contributed by atoms with Crippen molar-refractivity contribution in [1.29, 1.82) is 0 Å². The minimum absolute atomic E-state index is 0.293. The molecule has 1 saturated heterocycles. The molecule has 18 heavy (non-hydrogen) atoms. The third kappa shape index (κ3) is 2.08. The molecule has 1 aromatic carbocycles. The van der Waals surface area contributed by atoms with Gasteiger partial charge in [0.05, 0.1) is 6.10 Å². The van der Waals surface area contributed by atoms with Crippen LogP contribution in [0.2, 0.25) is 0 Å². The second kappa shape index (κ2) is 4.36. The van der Waals surface area contributed by atoms with Crippen LogP contribution < -0.4 is 0 Å². The maximum atomic E-state index is 10.5. The van der Waals surface area contributed by atoms with Gasteiger partial charge in [-0.3, -0.25) is 4.90 Å². The van der Waals surface area contributed by atoms with Crippen molar-refractivity contribution >= 4 is 0 Å². The average molecular weight is 245 g/mol. The van der Waals surface area contributed by atoms with Crippen LogP contribution in [0.3, 0.4) is 0 Å². The first-order valence-corrected chi connectivity index (χ1v) is 7.07. The van der Waals surface area contributed by atoms with E-state index in [1.54, 1.807) is 0 Å². The van der Waals surface area contributed by atoms with Gasteiger partial charge in [-0.05, 0) is 42.3 Å². The molecule has 2 nitrogen and oxygen atoms in total.